The van der Waals surface area contributed by atoms with Crippen LogP contribution in [0.3, 0.4) is 0 Å². The Morgan fingerprint density at radius 1 is 1.33 bits per heavy atom. The van der Waals surface area contributed by atoms with Gasteiger partial charge < -0.3 is 5.32 Å². The van der Waals surface area contributed by atoms with Gasteiger partial charge in [-0.3, -0.25) is 10.1 Å². The molecule has 1 aromatic heterocycles. The van der Waals surface area contributed by atoms with E-state index in [1.165, 1.54) is 22.5 Å². The second kappa shape index (κ2) is 5.91. The van der Waals surface area contributed by atoms with Crippen LogP contribution in [0.5, 0.6) is 0 Å². The summed E-state index contributed by atoms with van der Waals surface area (Å²) in [4.78, 5) is 12.3. The number of hydrogen-bond donors (Lipinski definition) is 2. The summed E-state index contributed by atoms with van der Waals surface area (Å²) < 4.78 is 0. The van der Waals surface area contributed by atoms with E-state index in [2.05, 4.69) is 34.7 Å². The Morgan fingerprint density at radius 3 is 2.95 bits per heavy atom. The van der Waals surface area contributed by atoms with Gasteiger partial charge in [-0.25, -0.2) is 0 Å². The molecule has 0 unspecified atom stereocenters. The zero-order valence-electron chi connectivity index (χ0n) is 12.1. The van der Waals surface area contributed by atoms with Gasteiger partial charge in [0.15, 0.2) is 0 Å². The normalized spacial score (nSPS) is 13.5. The number of amides is 1. The molecular weight excluding hydrogens is 284 g/mol. The number of aromatic nitrogens is 2. The summed E-state index contributed by atoms with van der Waals surface area (Å²) in [5.74, 6) is 0.405. The highest BCUT2D eigenvalue weighted by atomic mass is 32.1. The summed E-state index contributed by atoms with van der Waals surface area (Å²) in [6.07, 6.45) is 0.887. The number of hydrogen-bond acceptors (Lipinski definition) is 5. The smallest absolute Gasteiger partial charge is 0.257 e. The summed E-state index contributed by atoms with van der Waals surface area (Å²) in [5, 5.41) is 15.8. The van der Waals surface area contributed by atoms with Gasteiger partial charge in [0, 0.05) is 25.1 Å². The molecule has 0 atom stereocenters. The van der Waals surface area contributed by atoms with Gasteiger partial charge in [0.25, 0.3) is 5.91 Å². The van der Waals surface area contributed by atoms with Crippen LogP contribution in [0.2, 0.25) is 0 Å². The molecule has 1 aromatic carbocycles. The van der Waals surface area contributed by atoms with E-state index in [-0.39, 0.29) is 5.91 Å². The van der Waals surface area contributed by atoms with Crippen molar-refractivity contribution in [3.05, 3.63) is 39.9 Å². The molecule has 2 heterocycles. The number of rotatable bonds is 4. The zero-order valence-corrected chi connectivity index (χ0v) is 13.0. The molecule has 1 aliphatic heterocycles. The number of fused-ring (bicyclic) bond motifs is 1. The third-order valence-corrected chi connectivity index (χ3v) is 4.23. The Hall–Kier alpha value is -1.79. The van der Waals surface area contributed by atoms with Crippen LogP contribution in [0, 0.1) is 5.92 Å². The monoisotopic (exact) mass is 302 g/mol. The number of carbonyl (C=O) groups excluding carboxylic acids is 1. The maximum absolute atomic E-state index is 12.3. The topological polar surface area (TPSA) is 66.9 Å². The largest absolute Gasteiger partial charge is 0.309 e. The van der Waals surface area contributed by atoms with E-state index in [0.717, 1.165) is 24.5 Å². The highest BCUT2D eigenvalue weighted by Crippen LogP contribution is 2.21. The van der Waals surface area contributed by atoms with Gasteiger partial charge in [-0.15, -0.1) is 10.2 Å². The molecular formula is C15H18N4OS. The van der Waals surface area contributed by atoms with Crippen LogP contribution in [0.1, 0.15) is 40.3 Å². The second-order valence-electron chi connectivity index (χ2n) is 5.64. The van der Waals surface area contributed by atoms with Crippen molar-refractivity contribution in [2.75, 3.05) is 5.32 Å². The van der Waals surface area contributed by atoms with Gasteiger partial charge in [-0.05, 0) is 29.2 Å². The van der Waals surface area contributed by atoms with Gasteiger partial charge in [-0.1, -0.05) is 31.3 Å². The Morgan fingerprint density at radius 2 is 2.14 bits per heavy atom. The molecule has 5 nitrogen and oxygen atoms in total. The quantitative estimate of drug-likeness (QED) is 0.911. The summed E-state index contributed by atoms with van der Waals surface area (Å²) in [6, 6.07) is 5.81. The number of nitrogens with one attached hydrogen (secondary N) is 2. The van der Waals surface area contributed by atoms with Crippen LogP contribution < -0.4 is 10.6 Å². The third-order valence-electron chi connectivity index (χ3n) is 3.37. The van der Waals surface area contributed by atoms with Crippen molar-refractivity contribution in [1.82, 2.24) is 15.5 Å². The van der Waals surface area contributed by atoms with Gasteiger partial charge in [0.2, 0.25) is 5.13 Å². The Balaban J connectivity index is 1.70. The molecule has 110 valence electrons. The lowest BCUT2D eigenvalue weighted by atomic mass is 10.1. The minimum Gasteiger partial charge on any atom is -0.309 e. The average Bonchev–Trinajstić information content (AvgIpc) is 3.06. The van der Waals surface area contributed by atoms with Crippen LogP contribution in [0.15, 0.2) is 18.2 Å². The van der Waals surface area contributed by atoms with E-state index in [4.69, 9.17) is 0 Å². The molecule has 0 fully saturated rings. The van der Waals surface area contributed by atoms with Gasteiger partial charge in [-0.2, -0.15) is 0 Å². The molecule has 0 bridgehead atoms. The van der Waals surface area contributed by atoms with E-state index < -0.39 is 0 Å². The standard InChI is InChI=1S/C15H18N4OS/c1-9(2)5-13-18-19-15(21-13)17-14(20)10-3-4-11-7-16-8-12(11)6-10/h3-4,6,9,16H,5,7-8H2,1-2H3,(H,17,19,20). The highest BCUT2D eigenvalue weighted by Gasteiger charge is 2.15. The van der Waals surface area contributed by atoms with Crippen molar-refractivity contribution in [2.24, 2.45) is 5.92 Å². The Labute approximate surface area is 127 Å². The molecule has 1 amide bonds. The van der Waals surface area contributed by atoms with E-state index in [1.54, 1.807) is 0 Å². The predicted molar refractivity (Wildman–Crippen MR) is 83.4 cm³/mol. The van der Waals surface area contributed by atoms with E-state index in [9.17, 15) is 4.79 Å². The minimum atomic E-state index is -0.128. The van der Waals surface area contributed by atoms with E-state index in [1.807, 2.05) is 18.2 Å². The highest BCUT2D eigenvalue weighted by molar-refractivity contribution is 7.15. The summed E-state index contributed by atoms with van der Waals surface area (Å²) >= 11 is 1.44. The van der Waals surface area contributed by atoms with Crippen molar-refractivity contribution >= 4 is 22.4 Å². The maximum Gasteiger partial charge on any atom is 0.257 e. The predicted octanol–water partition coefficient (Wildman–Crippen LogP) is 2.59. The Bertz CT molecular complexity index is 665. The molecule has 0 radical (unpaired) electrons. The van der Waals surface area contributed by atoms with Crippen LogP contribution in [0.4, 0.5) is 5.13 Å². The number of benzene rings is 1. The fraction of sp³-hybridized carbons (Fsp3) is 0.400. The molecule has 6 heteroatoms. The average molecular weight is 302 g/mol. The fourth-order valence-electron chi connectivity index (χ4n) is 2.34. The molecule has 21 heavy (non-hydrogen) atoms. The van der Waals surface area contributed by atoms with Gasteiger partial charge in [0.05, 0.1) is 0 Å². The first kappa shape index (κ1) is 14.2. The molecule has 2 N–H and O–H groups in total. The molecule has 3 rings (SSSR count). The molecule has 0 spiro atoms. The minimum absolute atomic E-state index is 0.128. The lowest BCUT2D eigenvalue weighted by molar-refractivity contribution is 0.102. The van der Waals surface area contributed by atoms with Crippen molar-refractivity contribution < 1.29 is 4.79 Å². The summed E-state index contributed by atoms with van der Waals surface area (Å²) in [6.45, 7) is 5.98. The van der Waals surface area contributed by atoms with Crippen molar-refractivity contribution in [1.29, 1.82) is 0 Å². The lowest BCUT2D eigenvalue weighted by Gasteiger charge is -2.03. The van der Waals surface area contributed by atoms with Crippen molar-refractivity contribution in [2.45, 2.75) is 33.4 Å². The number of carbonyl (C=O) groups is 1. The Kier molecular flexibility index (Phi) is 3.98. The lowest BCUT2D eigenvalue weighted by Crippen LogP contribution is -2.12. The molecule has 0 aliphatic carbocycles. The van der Waals surface area contributed by atoms with Gasteiger partial charge >= 0.3 is 0 Å². The summed E-state index contributed by atoms with van der Waals surface area (Å²) in [5.41, 5.74) is 3.13. The first-order valence-corrected chi connectivity index (χ1v) is 7.89. The van der Waals surface area contributed by atoms with Gasteiger partial charge in [0.1, 0.15) is 5.01 Å². The van der Waals surface area contributed by atoms with Crippen LogP contribution >= 0.6 is 11.3 Å². The van der Waals surface area contributed by atoms with Crippen molar-refractivity contribution in [3.8, 4) is 0 Å². The van der Waals surface area contributed by atoms with Crippen LogP contribution in [-0.2, 0) is 19.5 Å². The van der Waals surface area contributed by atoms with E-state index in [0.29, 0.717) is 16.6 Å². The SMILES string of the molecule is CC(C)Cc1nnc(NC(=O)c2ccc3c(c2)CNC3)s1. The van der Waals surface area contributed by atoms with Crippen molar-refractivity contribution in [3.63, 3.8) is 0 Å². The number of anilines is 1. The molecule has 2 aromatic rings. The van der Waals surface area contributed by atoms with Crippen LogP contribution in [-0.4, -0.2) is 16.1 Å². The zero-order chi connectivity index (χ0) is 14.8. The second-order valence-corrected chi connectivity index (χ2v) is 6.70. The number of nitrogens with zero attached hydrogens (tertiary/aromatic N) is 2. The maximum atomic E-state index is 12.3. The van der Waals surface area contributed by atoms with Crippen LogP contribution in [0.25, 0.3) is 0 Å². The molecule has 0 saturated carbocycles. The molecule has 1 aliphatic rings. The summed E-state index contributed by atoms with van der Waals surface area (Å²) in [7, 11) is 0. The first-order valence-electron chi connectivity index (χ1n) is 7.08. The fourth-order valence-corrected chi connectivity index (χ4v) is 3.29. The van der Waals surface area contributed by atoms with E-state index >= 15 is 0 Å². The third kappa shape index (κ3) is 3.28. The molecule has 0 saturated heterocycles. The first-order chi connectivity index (χ1) is 10.1.